The predicted octanol–water partition coefficient (Wildman–Crippen LogP) is 2.72. The fourth-order valence-corrected chi connectivity index (χ4v) is 1.62. The first-order chi connectivity index (χ1) is 7.65. The number of benzene rings is 2. The van der Waals surface area contributed by atoms with Gasteiger partial charge in [0.25, 0.3) is 0 Å². The largest absolute Gasteiger partial charge is 0.207 e. The van der Waals surface area contributed by atoms with E-state index in [0.29, 0.717) is 5.02 Å². The van der Waals surface area contributed by atoms with Crippen LogP contribution in [0.25, 0.3) is 12.7 Å². The first kappa shape index (κ1) is 10.9. The molecular formula is C14H10ClF. The van der Waals surface area contributed by atoms with E-state index in [1.165, 1.54) is 12.1 Å². The van der Waals surface area contributed by atoms with Gasteiger partial charge in [-0.15, -0.1) is 0 Å². The molecule has 0 nitrogen and oxygen atoms in total. The standard InChI is InChI=1S/C14H10ClF/c1-10-2-5-13(15)9-12(10)8-11-3-6-14(16)7-4-11/h2-9H,1H2/b12-8-. The summed E-state index contributed by atoms with van der Waals surface area (Å²) < 4.78 is 12.7. The van der Waals surface area contributed by atoms with Crippen LogP contribution in [0.1, 0.15) is 5.56 Å². The molecule has 0 aromatic heterocycles. The van der Waals surface area contributed by atoms with Crippen molar-refractivity contribution in [1.82, 2.24) is 0 Å². The highest BCUT2D eigenvalue weighted by Crippen LogP contribution is 2.04. The Hall–Kier alpha value is -1.60. The van der Waals surface area contributed by atoms with Crippen molar-refractivity contribution >= 4 is 24.3 Å². The molecule has 0 radical (unpaired) electrons. The molecule has 2 rings (SSSR count). The molecule has 0 bridgehead atoms. The van der Waals surface area contributed by atoms with E-state index in [-0.39, 0.29) is 5.82 Å². The van der Waals surface area contributed by atoms with Crippen LogP contribution in [-0.2, 0) is 0 Å². The Morgan fingerprint density at radius 1 is 1.06 bits per heavy atom. The smallest absolute Gasteiger partial charge is 0.123 e. The molecule has 0 aliphatic carbocycles. The van der Waals surface area contributed by atoms with Gasteiger partial charge >= 0.3 is 0 Å². The SMILES string of the molecule is C=c1ccc(Cl)c/c1=C/c1ccc(F)cc1. The first-order valence-electron chi connectivity index (χ1n) is 4.87. The van der Waals surface area contributed by atoms with Crippen molar-refractivity contribution in [2.45, 2.75) is 0 Å². The second kappa shape index (κ2) is 4.50. The Morgan fingerprint density at radius 3 is 2.44 bits per heavy atom. The maximum Gasteiger partial charge on any atom is 0.123 e. The van der Waals surface area contributed by atoms with Crippen molar-refractivity contribution < 1.29 is 4.39 Å². The zero-order valence-corrected chi connectivity index (χ0v) is 9.34. The molecule has 0 fully saturated rings. The first-order valence-corrected chi connectivity index (χ1v) is 5.25. The van der Waals surface area contributed by atoms with Crippen LogP contribution < -0.4 is 10.4 Å². The summed E-state index contributed by atoms with van der Waals surface area (Å²) >= 11 is 5.90. The second-order valence-electron chi connectivity index (χ2n) is 3.54. The lowest BCUT2D eigenvalue weighted by molar-refractivity contribution is 0.628. The molecule has 2 aromatic rings. The van der Waals surface area contributed by atoms with E-state index in [1.54, 1.807) is 18.2 Å². The second-order valence-corrected chi connectivity index (χ2v) is 3.98. The van der Waals surface area contributed by atoms with Crippen LogP contribution in [0.2, 0.25) is 5.02 Å². The molecule has 0 aliphatic heterocycles. The molecule has 0 unspecified atom stereocenters. The fraction of sp³-hybridized carbons (Fsp3) is 0. The van der Waals surface area contributed by atoms with Crippen LogP contribution in [0.3, 0.4) is 0 Å². The summed E-state index contributed by atoms with van der Waals surface area (Å²) in [4.78, 5) is 0. The Labute approximate surface area is 98.3 Å². The van der Waals surface area contributed by atoms with E-state index in [9.17, 15) is 4.39 Å². The van der Waals surface area contributed by atoms with E-state index in [1.807, 2.05) is 18.2 Å². The van der Waals surface area contributed by atoms with Crippen molar-refractivity contribution in [3.63, 3.8) is 0 Å². The van der Waals surface area contributed by atoms with E-state index in [0.717, 1.165) is 16.0 Å². The summed E-state index contributed by atoms with van der Waals surface area (Å²) in [6.07, 6.45) is 1.92. The van der Waals surface area contributed by atoms with Gasteiger partial charge in [0.15, 0.2) is 0 Å². The summed E-state index contributed by atoms with van der Waals surface area (Å²) in [6, 6.07) is 11.8. The van der Waals surface area contributed by atoms with Gasteiger partial charge in [0.1, 0.15) is 5.82 Å². The Bertz CT molecular complexity index is 600. The highest BCUT2D eigenvalue weighted by Gasteiger charge is 1.91. The van der Waals surface area contributed by atoms with Crippen molar-refractivity contribution in [2.24, 2.45) is 0 Å². The van der Waals surface area contributed by atoms with E-state index in [4.69, 9.17) is 11.6 Å². The number of hydrogen-bond donors (Lipinski definition) is 0. The van der Waals surface area contributed by atoms with Gasteiger partial charge in [-0.25, -0.2) is 4.39 Å². The quantitative estimate of drug-likeness (QED) is 0.709. The van der Waals surface area contributed by atoms with Crippen LogP contribution in [0.5, 0.6) is 0 Å². The predicted molar refractivity (Wildman–Crippen MR) is 66.2 cm³/mol. The number of hydrogen-bond acceptors (Lipinski definition) is 0. The van der Waals surface area contributed by atoms with Crippen LogP contribution in [0.15, 0.2) is 42.5 Å². The maximum atomic E-state index is 12.7. The third-order valence-electron chi connectivity index (χ3n) is 2.30. The fourth-order valence-electron chi connectivity index (χ4n) is 1.44. The normalized spacial score (nSPS) is 11.8. The average Bonchev–Trinajstić information content (AvgIpc) is 2.27. The Kier molecular flexibility index (Phi) is 3.07. The van der Waals surface area contributed by atoms with Crippen molar-refractivity contribution in [1.29, 1.82) is 0 Å². The van der Waals surface area contributed by atoms with Crippen LogP contribution in [0, 0.1) is 5.82 Å². The van der Waals surface area contributed by atoms with Gasteiger partial charge in [0, 0.05) is 5.02 Å². The molecule has 0 N–H and O–H groups in total. The number of rotatable bonds is 1. The number of halogens is 2. The van der Waals surface area contributed by atoms with Gasteiger partial charge in [-0.3, -0.25) is 0 Å². The molecule has 2 heteroatoms. The zero-order valence-electron chi connectivity index (χ0n) is 8.58. The molecule has 0 saturated heterocycles. The van der Waals surface area contributed by atoms with Crippen molar-refractivity contribution in [3.8, 4) is 0 Å². The van der Waals surface area contributed by atoms with Crippen LogP contribution in [0.4, 0.5) is 4.39 Å². The van der Waals surface area contributed by atoms with Crippen LogP contribution in [-0.4, -0.2) is 0 Å². The molecule has 0 saturated carbocycles. The Balaban J connectivity index is 2.55. The van der Waals surface area contributed by atoms with Crippen molar-refractivity contribution in [2.75, 3.05) is 0 Å². The van der Waals surface area contributed by atoms with Gasteiger partial charge in [0.05, 0.1) is 0 Å². The summed E-state index contributed by atoms with van der Waals surface area (Å²) in [6.45, 7) is 3.91. The summed E-state index contributed by atoms with van der Waals surface area (Å²) in [7, 11) is 0. The summed E-state index contributed by atoms with van der Waals surface area (Å²) in [5.41, 5.74) is 0.925. The average molecular weight is 233 g/mol. The van der Waals surface area contributed by atoms with Gasteiger partial charge in [0.2, 0.25) is 0 Å². The van der Waals surface area contributed by atoms with Gasteiger partial charge in [-0.2, -0.15) is 0 Å². The lowest BCUT2D eigenvalue weighted by Crippen LogP contribution is -2.22. The molecule has 2 aromatic carbocycles. The minimum Gasteiger partial charge on any atom is -0.207 e. The lowest BCUT2D eigenvalue weighted by Gasteiger charge is -1.95. The molecule has 0 spiro atoms. The van der Waals surface area contributed by atoms with E-state index < -0.39 is 0 Å². The maximum absolute atomic E-state index is 12.7. The molecule has 0 amide bonds. The minimum atomic E-state index is -0.238. The summed E-state index contributed by atoms with van der Waals surface area (Å²) in [5.74, 6) is -0.238. The molecule has 0 heterocycles. The monoisotopic (exact) mass is 232 g/mol. The highest BCUT2D eigenvalue weighted by molar-refractivity contribution is 6.30. The third kappa shape index (κ3) is 2.50. The van der Waals surface area contributed by atoms with Crippen LogP contribution >= 0.6 is 11.6 Å². The van der Waals surface area contributed by atoms with Crippen molar-refractivity contribution in [3.05, 3.63) is 69.3 Å². The van der Waals surface area contributed by atoms with E-state index in [2.05, 4.69) is 6.58 Å². The minimum absolute atomic E-state index is 0.238. The topological polar surface area (TPSA) is 0 Å². The molecule has 16 heavy (non-hydrogen) atoms. The lowest BCUT2D eigenvalue weighted by atomic mass is 10.1. The molecule has 0 aliphatic rings. The zero-order chi connectivity index (χ0) is 11.5. The summed E-state index contributed by atoms with van der Waals surface area (Å²) in [5, 5.41) is 2.51. The van der Waals surface area contributed by atoms with Gasteiger partial charge < -0.3 is 0 Å². The molecule has 0 atom stereocenters. The van der Waals surface area contributed by atoms with Gasteiger partial charge in [-0.1, -0.05) is 36.4 Å². The van der Waals surface area contributed by atoms with E-state index >= 15 is 0 Å². The highest BCUT2D eigenvalue weighted by atomic mass is 35.5. The molecule has 80 valence electrons. The van der Waals surface area contributed by atoms with Gasteiger partial charge in [-0.05, 0) is 46.3 Å². The third-order valence-corrected chi connectivity index (χ3v) is 2.54. The molecular weight excluding hydrogens is 223 g/mol. The Morgan fingerprint density at radius 2 is 1.75 bits per heavy atom.